The van der Waals surface area contributed by atoms with Crippen molar-refractivity contribution in [2.45, 2.75) is 26.7 Å². The van der Waals surface area contributed by atoms with E-state index in [1.807, 2.05) is 0 Å². The van der Waals surface area contributed by atoms with Gasteiger partial charge < -0.3 is 19.9 Å². The van der Waals surface area contributed by atoms with Crippen LogP contribution in [0.3, 0.4) is 0 Å². The molecular formula is C13H20N2O6. The molecule has 0 saturated heterocycles. The Balaban J connectivity index is 4.81. The molecule has 0 amide bonds. The van der Waals surface area contributed by atoms with Crippen LogP contribution >= 0.6 is 0 Å². The fourth-order valence-electron chi connectivity index (χ4n) is 1.65. The highest BCUT2D eigenvalue weighted by Crippen LogP contribution is 2.28. The van der Waals surface area contributed by atoms with Crippen molar-refractivity contribution in [1.29, 1.82) is 5.26 Å². The van der Waals surface area contributed by atoms with Crippen LogP contribution in [0.25, 0.3) is 0 Å². The predicted molar refractivity (Wildman–Crippen MR) is 70.6 cm³/mol. The maximum Gasteiger partial charge on any atom is 0.314 e. The molecular weight excluding hydrogens is 280 g/mol. The van der Waals surface area contributed by atoms with Crippen molar-refractivity contribution in [3.8, 4) is 6.07 Å². The van der Waals surface area contributed by atoms with Crippen LogP contribution in [0.2, 0.25) is 0 Å². The van der Waals surface area contributed by atoms with Gasteiger partial charge in [-0.05, 0) is 12.8 Å². The largest absolute Gasteiger partial charge is 0.466 e. The van der Waals surface area contributed by atoms with Gasteiger partial charge in [0.05, 0.1) is 18.6 Å². The summed E-state index contributed by atoms with van der Waals surface area (Å²) in [4.78, 5) is 33.6. The second kappa shape index (κ2) is 9.72. The van der Waals surface area contributed by atoms with Crippen molar-refractivity contribution < 1.29 is 28.6 Å². The number of ether oxygens (including phenoxy) is 3. The van der Waals surface area contributed by atoms with E-state index in [9.17, 15) is 14.4 Å². The van der Waals surface area contributed by atoms with E-state index in [1.165, 1.54) is 13.8 Å². The van der Waals surface area contributed by atoms with Gasteiger partial charge >= 0.3 is 17.9 Å². The highest BCUT2D eigenvalue weighted by molar-refractivity contribution is 5.77. The average molecular weight is 300 g/mol. The number of hydrogen-bond donors (Lipinski definition) is 1. The van der Waals surface area contributed by atoms with Crippen LogP contribution in [0.4, 0.5) is 0 Å². The Morgan fingerprint density at radius 2 is 1.52 bits per heavy atom. The fourth-order valence-corrected chi connectivity index (χ4v) is 1.65. The summed E-state index contributed by atoms with van der Waals surface area (Å²) in [5, 5.41) is 8.45. The molecule has 0 fully saturated rings. The van der Waals surface area contributed by atoms with E-state index < -0.39 is 29.9 Å². The summed E-state index contributed by atoms with van der Waals surface area (Å²) in [6.07, 6.45) is 0.239. The summed E-state index contributed by atoms with van der Waals surface area (Å²) >= 11 is 0. The van der Waals surface area contributed by atoms with Crippen LogP contribution in [0.5, 0.6) is 0 Å². The summed E-state index contributed by atoms with van der Waals surface area (Å²) in [5.74, 6) is -1.64. The molecule has 0 aromatic heterocycles. The molecule has 8 nitrogen and oxygen atoms in total. The van der Waals surface area contributed by atoms with Gasteiger partial charge in [-0.15, -0.1) is 0 Å². The monoisotopic (exact) mass is 300 g/mol. The third-order valence-electron chi connectivity index (χ3n) is 2.86. The second-order valence-electron chi connectivity index (χ2n) is 4.40. The van der Waals surface area contributed by atoms with E-state index in [4.69, 9.17) is 25.2 Å². The molecule has 0 heterocycles. The Hall–Kier alpha value is -2.14. The molecule has 0 aliphatic heterocycles. The van der Waals surface area contributed by atoms with Crippen molar-refractivity contribution in [2.75, 3.05) is 26.4 Å². The van der Waals surface area contributed by atoms with Gasteiger partial charge in [0.15, 0.2) is 6.61 Å². The number of hydrogen-bond acceptors (Lipinski definition) is 8. The first-order valence-electron chi connectivity index (χ1n) is 6.39. The standard InChI is InChI=1S/C13H20N2O6/c1-10(16)19-6-3-13(9-15,4-7-20-11(2)17)12(18)21-8-5-14/h3-4,6-9,15H2,1-2H3. The zero-order valence-electron chi connectivity index (χ0n) is 12.2. The molecule has 0 aliphatic carbocycles. The normalized spacial score (nSPS) is 10.4. The molecule has 0 spiro atoms. The van der Waals surface area contributed by atoms with Crippen molar-refractivity contribution >= 4 is 17.9 Å². The summed E-state index contributed by atoms with van der Waals surface area (Å²) in [6.45, 7) is 1.97. The van der Waals surface area contributed by atoms with Gasteiger partial charge in [-0.25, -0.2) is 0 Å². The zero-order valence-corrected chi connectivity index (χ0v) is 12.2. The summed E-state index contributed by atoms with van der Waals surface area (Å²) in [6, 6.07) is 1.69. The van der Waals surface area contributed by atoms with E-state index in [0.29, 0.717) is 0 Å². The smallest absolute Gasteiger partial charge is 0.314 e. The van der Waals surface area contributed by atoms with Gasteiger partial charge in [-0.1, -0.05) is 0 Å². The Morgan fingerprint density at radius 3 is 1.86 bits per heavy atom. The van der Waals surface area contributed by atoms with E-state index in [2.05, 4.69) is 0 Å². The average Bonchev–Trinajstić information content (AvgIpc) is 2.42. The number of carbonyl (C=O) groups is 3. The van der Waals surface area contributed by atoms with Gasteiger partial charge in [0.25, 0.3) is 0 Å². The third-order valence-corrected chi connectivity index (χ3v) is 2.86. The first kappa shape index (κ1) is 18.9. The Morgan fingerprint density at radius 1 is 1.05 bits per heavy atom. The molecule has 8 heteroatoms. The maximum absolute atomic E-state index is 12.1. The summed E-state index contributed by atoms with van der Waals surface area (Å²) < 4.78 is 14.4. The number of nitriles is 1. The molecule has 0 saturated carbocycles. The minimum Gasteiger partial charge on any atom is -0.466 e. The lowest BCUT2D eigenvalue weighted by molar-refractivity contribution is -0.159. The minimum atomic E-state index is -1.16. The fraction of sp³-hybridized carbons (Fsp3) is 0.692. The third kappa shape index (κ3) is 7.27. The van der Waals surface area contributed by atoms with Gasteiger partial charge in [0.1, 0.15) is 6.07 Å². The molecule has 21 heavy (non-hydrogen) atoms. The number of rotatable bonds is 9. The van der Waals surface area contributed by atoms with E-state index in [0.717, 1.165) is 0 Å². The Labute approximate surface area is 123 Å². The number of nitrogens with two attached hydrogens (primary N) is 1. The molecule has 0 bridgehead atoms. The van der Waals surface area contributed by atoms with Crippen molar-refractivity contribution in [1.82, 2.24) is 0 Å². The maximum atomic E-state index is 12.1. The minimum absolute atomic E-state index is 0.0196. The van der Waals surface area contributed by atoms with Crippen LogP contribution in [-0.2, 0) is 28.6 Å². The van der Waals surface area contributed by atoms with Crippen molar-refractivity contribution in [2.24, 2.45) is 11.1 Å². The van der Waals surface area contributed by atoms with Crippen LogP contribution in [0.15, 0.2) is 0 Å². The lowest BCUT2D eigenvalue weighted by atomic mass is 9.81. The molecule has 2 N–H and O–H groups in total. The highest BCUT2D eigenvalue weighted by atomic mass is 16.5. The molecule has 0 unspecified atom stereocenters. The Bertz CT molecular complexity index is 395. The summed E-state index contributed by atoms with van der Waals surface area (Å²) in [5.41, 5.74) is 4.48. The molecule has 0 aromatic rings. The van der Waals surface area contributed by atoms with Gasteiger partial charge in [-0.2, -0.15) is 5.26 Å². The van der Waals surface area contributed by atoms with Crippen LogP contribution < -0.4 is 5.73 Å². The van der Waals surface area contributed by atoms with E-state index in [-0.39, 0.29) is 32.6 Å². The number of esters is 3. The van der Waals surface area contributed by atoms with Gasteiger partial charge in [-0.3, -0.25) is 14.4 Å². The SMILES string of the molecule is CC(=O)OCCC(CN)(CCOC(C)=O)C(=O)OCC#N. The van der Waals surface area contributed by atoms with Crippen LogP contribution in [-0.4, -0.2) is 44.3 Å². The topological polar surface area (TPSA) is 129 Å². The Kier molecular flexibility index (Phi) is 8.73. The molecule has 0 rings (SSSR count). The quantitative estimate of drug-likeness (QED) is 0.462. The summed E-state index contributed by atoms with van der Waals surface area (Å²) in [7, 11) is 0. The first-order valence-corrected chi connectivity index (χ1v) is 6.39. The molecule has 118 valence electrons. The molecule has 0 aromatic carbocycles. The van der Waals surface area contributed by atoms with E-state index in [1.54, 1.807) is 6.07 Å². The highest BCUT2D eigenvalue weighted by Gasteiger charge is 2.39. The number of nitrogens with zero attached hydrogens (tertiary/aromatic N) is 1. The first-order chi connectivity index (χ1) is 9.88. The molecule has 0 atom stereocenters. The van der Waals surface area contributed by atoms with Gasteiger partial charge in [0.2, 0.25) is 0 Å². The lowest BCUT2D eigenvalue weighted by Gasteiger charge is -2.29. The lowest BCUT2D eigenvalue weighted by Crippen LogP contribution is -2.42. The second-order valence-corrected chi connectivity index (χ2v) is 4.40. The zero-order chi connectivity index (χ0) is 16.3. The predicted octanol–water partition coefficient (Wildman–Crippen LogP) is -0.0953. The van der Waals surface area contributed by atoms with Gasteiger partial charge in [0, 0.05) is 20.4 Å². The van der Waals surface area contributed by atoms with Crippen molar-refractivity contribution in [3.63, 3.8) is 0 Å². The number of carbonyl (C=O) groups excluding carboxylic acids is 3. The van der Waals surface area contributed by atoms with E-state index >= 15 is 0 Å². The molecule has 0 radical (unpaired) electrons. The van der Waals surface area contributed by atoms with Crippen molar-refractivity contribution in [3.05, 3.63) is 0 Å². The molecule has 0 aliphatic rings. The van der Waals surface area contributed by atoms with Crippen LogP contribution in [0, 0.1) is 16.7 Å². The van der Waals surface area contributed by atoms with Crippen LogP contribution in [0.1, 0.15) is 26.7 Å².